The third-order valence-corrected chi connectivity index (χ3v) is 7.49. The molecule has 4 rings (SSSR count). The summed E-state index contributed by atoms with van der Waals surface area (Å²) in [7, 11) is 0. The fourth-order valence-corrected chi connectivity index (χ4v) is 5.18. The average Bonchev–Trinajstić information content (AvgIpc) is 2.77. The standard InChI is InChI=1S/C17H18O.C16H18S/c1-11-5-7-15(13(3)9-11)17(18)16-8-6-12(2)10-14(16)4;1-11-5-7-15(13(3)9-11)17-16-8-6-12(2)10-14(16)4/h5-10H,1-4H3;5-10H,1-4H3. The minimum atomic E-state index is 0.116. The SMILES string of the molecule is Cc1ccc(C(=O)c2ccc(C)cc2C)c(C)c1.Cc1ccc(Sc2ccc(C)cc2C)c(C)c1. The molecule has 0 unspecified atom stereocenters. The van der Waals surface area contributed by atoms with Crippen molar-refractivity contribution in [3.63, 3.8) is 0 Å². The maximum absolute atomic E-state index is 12.5. The van der Waals surface area contributed by atoms with Crippen LogP contribution in [-0.2, 0) is 0 Å². The van der Waals surface area contributed by atoms with Crippen molar-refractivity contribution in [1.29, 1.82) is 0 Å². The Morgan fingerprint density at radius 3 is 1.09 bits per heavy atom. The van der Waals surface area contributed by atoms with Gasteiger partial charge in [0.05, 0.1) is 0 Å². The van der Waals surface area contributed by atoms with Crippen LogP contribution in [0.5, 0.6) is 0 Å². The Morgan fingerprint density at radius 2 is 0.771 bits per heavy atom. The molecule has 4 aromatic carbocycles. The molecule has 0 spiro atoms. The first-order valence-electron chi connectivity index (χ1n) is 12.1. The number of hydrogen-bond donors (Lipinski definition) is 0. The number of benzene rings is 4. The second-order valence-corrected chi connectivity index (χ2v) is 10.7. The largest absolute Gasteiger partial charge is 0.289 e. The van der Waals surface area contributed by atoms with E-state index in [0.717, 1.165) is 22.3 Å². The molecule has 0 radical (unpaired) electrons. The zero-order valence-corrected chi connectivity index (χ0v) is 23.1. The zero-order valence-electron chi connectivity index (χ0n) is 22.2. The van der Waals surface area contributed by atoms with Crippen LogP contribution in [0.15, 0.2) is 82.6 Å². The molecule has 0 amide bonds. The topological polar surface area (TPSA) is 17.1 Å². The Morgan fingerprint density at radius 1 is 0.457 bits per heavy atom. The van der Waals surface area contributed by atoms with E-state index in [-0.39, 0.29) is 5.78 Å². The summed E-state index contributed by atoms with van der Waals surface area (Å²) >= 11 is 1.86. The van der Waals surface area contributed by atoms with E-state index < -0.39 is 0 Å². The normalized spacial score (nSPS) is 10.5. The van der Waals surface area contributed by atoms with E-state index in [1.807, 2.05) is 63.7 Å². The summed E-state index contributed by atoms with van der Waals surface area (Å²) in [5.74, 6) is 0.116. The number of rotatable bonds is 4. The van der Waals surface area contributed by atoms with Gasteiger partial charge in [0.1, 0.15) is 0 Å². The van der Waals surface area contributed by atoms with E-state index in [2.05, 4.69) is 76.2 Å². The van der Waals surface area contributed by atoms with Gasteiger partial charge < -0.3 is 0 Å². The number of aryl methyl sites for hydroxylation is 8. The van der Waals surface area contributed by atoms with E-state index >= 15 is 0 Å². The highest BCUT2D eigenvalue weighted by Crippen LogP contribution is 2.33. The molecule has 0 aromatic heterocycles. The Bertz CT molecular complexity index is 1260. The quantitative estimate of drug-likeness (QED) is 0.271. The minimum absolute atomic E-state index is 0.116. The summed E-state index contributed by atoms with van der Waals surface area (Å²) in [6, 6.07) is 25.2. The molecule has 35 heavy (non-hydrogen) atoms. The highest BCUT2D eigenvalue weighted by atomic mass is 32.2. The Balaban J connectivity index is 0.000000196. The first-order valence-corrected chi connectivity index (χ1v) is 12.9. The Kier molecular flexibility index (Phi) is 8.75. The van der Waals surface area contributed by atoms with Crippen LogP contribution in [0.2, 0.25) is 0 Å². The van der Waals surface area contributed by atoms with Crippen LogP contribution in [0.1, 0.15) is 60.4 Å². The number of ketones is 1. The predicted octanol–water partition coefficient (Wildman–Crippen LogP) is 9.22. The fourth-order valence-electron chi connectivity index (χ4n) is 4.23. The third-order valence-electron chi connectivity index (χ3n) is 6.13. The lowest BCUT2D eigenvalue weighted by Gasteiger charge is -2.09. The second-order valence-electron chi connectivity index (χ2n) is 9.61. The Hall–Kier alpha value is -3.10. The molecule has 0 saturated carbocycles. The molecule has 0 aliphatic carbocycles. The summed E-state index contributed by atoms with van der Waals surface area (Å²) in [4.78, 5) is 15.2. The highest BCUT2D eigenvalue weighted by Gasteiger charge is 2.13. The van der Waals surface area contributed by atoms with Gasteiger partial charge in [0.15, 0.2) is 5.78 Å². The molecule has 0 fully saturated rings. The molecule has 1 nitrogen and oxygen atoms in total. The van der Waals surface area contributed by atoms with E-state index in [1.54, 1.807) is 0 Å². The van der Waals surface area contributed by atoms with Gasteiger partial charge in [0.2, 0.25) is 0 Å². The van der Waals surface area contributed by atoms with Crippen LogP contribution in [0, 0.1) is 55.4 Å². The van der Waals surface area contributed by atoms with Crippen molar-refractivity contribution in [2.75, 3.05) is 0 Å². The van der Waals surface area contributed by atoms with Gasteiger partial charge in [-0.2, -0.15) is 0 Å². The van der Waals surface area contributed by atoms with E-state index in [1.165, 1.54) is 43.2 Å². The van der Waals surface area contributed by atoms with Crippen LogP contribution in [0.25, 0.3) is 0 Å². The van der Waals surface area contributed by atoms with Crippen molar-refractivity contribution >= 4 is 17.5 Å². The van der Waals surface area contributed by atoms with Crippen LogP contribution in [0.3, 0.4) is 0 Å². The van der Waals surface area contributed by atoms with Gasteiger partial charge in [0.25, 0.3) is 0 Å². The molecule has 0 bridgehead atoms. The van der Waals surface area contributed by atoms with Crippen molar-refractivity contribution < 1.29 is 4.79 Å². The van der Waals surface area contributed by atoms with Gasteiger partial charge in [-0.1, -0.05) is 94.7 Å². The van der Waals surface area contributed by atoms with Gasteiger partial charge >= 0.3 is 0 Å². The molecule has 0 N–H and O–H groups in total. The summed E-state index contributed by atoms with van der Waals surface area (Å²) in [5.41, 5.74) is 11.4. The lowest BCUT2D eigenvalue weighted by atomic mass is 9.94. The molecule has 0 saturated heterocycles. The Labute approximate surface area is 215 Å². The van der Waals surface area contributed by atoms with Crippen molar-refractivity contribution in [2.24, 2.45) is 0 Å². The zero-order chi connectivity index (χ0) is 25.7. The highest BCUT2D eigenvalue weighted by molar-refractivity contribution is 7.99. The predicted molar refractivity (Wildman–Crippen MR) is 151 cm³/mol. The lowest BCUT2D eigenvalue weighted by Crippen LogP contribution is -2.06. The van der Waals surface area contributed by atoms with Crippen LogP contribution in [-0.4, -0.2) is 5.78 Å². The molecule has 180 valence electrons. The third kappa shape index (κ3) is 6.96. The lowest BCUT2D eigenvalue weighted by molar-refractivity contribution is 0.103. The number of carbonyl (C=O) groups excluding carboxylic acids is 1. The smallest absolute Gasteiger partial charge is 0.193 e. The van der Waals surface area contributed by atoms with Gasteiger partial charge in [0, 0.05) is 20.9 Å². The maximum atomic E-state index is 12.5. The molecule has 0 atom stereocenters. The van der Waals surface area contributed by atoms with Crippen LogP contribution in [0.4, 0.5) is 0 Å². The maximum Gasteiger partial charge on any atom is 0.193 e. The molecular formula is C33H36OS. The molecule has 4 aromatic rings. The molecule has 0 aliphatic heterocycles. The minimum Gasteiger partial charge on any atom is -0.289 e. The van der Waals surface area contributed by atoms with Gasteiger partial charge in [-0.3, -0.25) is 4.79 Å². The summed E-state index contributed by atoms with van der Waals surface area (Å²) in [6.45, 7) is 16.7. The second kappa shape index (κ2) is 11.6. The van der Waals surface area contributed by atoms with Crippen molar-refractivity contribution in [3.05, 3.63) is 128 Å². The van der Waals surface area contributed by atoms with E-state index in [0.29, 0.717) is 0 Å². The fraction of sp³-hybridized carbons (Fsp3) is 0.242. The molecule has 0 aliphatic rings. The van der Waals surface area contributed by atoms with Gasteiger partial charge in [-0.15, -0.1) is 0 Å². The molecule has 0 heterocycles. The van der Waals surface area contributed by atoms with E-state index in [9.17, 15) is 4.79 Å². The van der Waals surface area contributed by atoms with Crippen LogP contribution >= 0.6 is 11.8 Å². The van der Waals surface area contributed by atoms with Crippen molar-refractivity contribution in [3.8, 4) is 0 Å². The number of hydrogen-bond acceptors (Lipinski definition) is 2. The molecular weight excluding hydrogens is 444 g/mol. The summed E-state index contributed by atoms with van der Waals surface area (Å²) < 4.78 is 0. The monoisotopic (exact) mass is 480 g/mol. The number of carbonyl (C=O) groups is 1. The first kappa shape index (κ1) is 26.5. The summed E-state index contributed by atoms with van der Waals surface area (Å²) in [5, 5.41) is 0. The first-order chi connectivity index (χ1) is 16.5. The van der Waals surface area contributed by atoms with Crippen LogP contribution < -0.4 is 0 Å². The molecule has 2 heteroatoms. The van der Waals surface area contributed by atoms with Crippen molar-refractivity contribution in [1.82, 2.24) is 0 Å². The van der Waals surface area contributed by atoms with Crippen molar-refractivity contribution in [2.45, 2.75) is 65.2 Å². The van der Waals surface area contributed by atoms with Gasteiger partial charge in [-0.05, 0) is 89.8 Å². The van der Waals surface area contributed by atoms with Gasteiger partial charge in [-0.25, -0.2) is 0 Å². The van der Waals surface area contributed by atoms with E-state index in [4.69, 9.17) is 0 Å². The average molecular weight is 481 g/mol. The summed E-state index contributed by atoms with van der Waals surface area (Å²) in [6.07, 6.45) is 0.